The lowest BCUT2D eigenvalue weighted by Gasteiger charge is -2.15. The number of aryl methyl sites for hydroxylation is 2. The lowest BCUT2D eigenvalue weighted by Crippen LogP contribution is -1.95. The summed E-state index contributed by atoms with van der Waals surface area (Å²) in [5.41, 5.74) is 7.63. The molecule has 0 atom stereocenters. The monoisotopic (exact) mass is 404 g/mol. The molecule has 29 heavy (non-hydrogen) atoms. The summed E-state index contributed by atoms with van der Waals surface area (Å²) in [7, 11) is 0. The molecule has 2 aromatic carbocycles. The van der Waals surface area contributed by atoms with E-state index in [9.17, 15) is 5.11 Å². The standard InChI is InChI=1S/C27H29ClO/c1-4-5-25(23-13-6-19(2)7-14-23)20(3)26-17-12-22(18-27(26)29)9-8-21-10-15-24(28)16-11-21/h5-7,10,12-15,17-18,29H,3-4,8-9,11,16H2,1-2H3/b25-5+. The van der Waals surface area contributed by atoms with E-state index in [0.717, 1.165) is 65.0 Å². The maximum Gasteiger partial charge on any atom is 0.123 e. The fourth-order valence-corrected chi connectivity index (χ4v) is 3.81. The molecule has 2 heteroatoms. The van der Waals surface area contributed by atoms with E-state index in [0.29, 0.717) is 5.75 Å². The predicted octanol–water partition coefficient (Wildman–Crippen LogP) is 7.98. The van der Waals surface area contributed by atoms with Gasteiger partial charge in [-0.1, -0.05) is 84.8 Å². The van der Waals surface area contributed by atoms with Crippen molar-refractivity contribution in [1.29, 1.82) is 0 Å². The first-order valence-corrected chi connectivity index (χ1v) is 10.7. The Morgan fingerprint density at radius 3 is 2.45 bits per heavy atom. The third kappa shape index (κ3) is 5.52. The van der Waals surface area contributed by atoms with Gasteiger partial charge in [0, 0.05) is 10.6 Å². The molecule has 2 aromatic rings. The van der Waals surface area contributed by atoms with E-state index in [2.05, 4.69) is 62.9 Å². The largest absolute Gasteiger partial charge is 0.507 e. The Morgan fingerprint density at radius 2 is 1.83 bits per heavy atom. The van der Waals surface area contributed by atoms with Crippen LogP contribution in [0, 0.1) is 6.92 Å². The van der Waals surface area contributed by atoms with E-state index >= 15 is 0 Å². The van der Waals surface area contributed by atoms with E-state index in [4.69, 9.17) is 11.6 Å². The van der Waals surface area contributed by atoms with Crippen LogP contribution in [0.2, 0.25) is 0 Å². The Kier molecular flexibility index (Phi) is 7.17. The van der Waals surface area contributed by atoms with Gasteiger partial charge in [0.2, 0.25) is 0 Å². The van der Waals surface area contributed by atoms with Crippen LogP contribution in [0.5, 0.6) is 5.75 Å². The molecule has 0 unspecified atom stereocenters. The van der Waals surface area contributed by atoms with Crippen LogP contribution in [0.3, 0.4) is 0 Å². The van der Waals surface area contributed by atoms with Crippen LogP contribution < -0.4 is 0 Å². The molecule has 0 aliphatic heterocycles. The van der Waals surface area contributed by atoms with Crippen molar-refractivity contribution in [3.8, 4) is 5.75 Å². The third-order valence-corrected chi connectivity index (χ3v) is 5.72. The molecule has 0 spiro atoms. The SMILES string of the molecule is C=C(/C(=C\CC)c1ccc(C)cc1)c1ccc(CCC2=CC=C(Cl)CC2)cc1O. The minimum atomic E-state index is 0.294. The summed E-state index contributed by atoms with van der Waals surface area (Å²) in [4.78, 5) is 0. The number of aromatic hydroxyl groups is 1. The van der Waals surface area contributed by atoms with Crippen LogP contribution in [0.4, 0.5) is 0 Å². The van der Waals surface area contributed by atoms with E-state index in [1.54, 1.807) is 0 Å². The molecule has 1 N–H and O–H groups in total. The summed E-state index contributed by atoms with van der Waals surface area (Å²) in [6.45, 7) is 8.51. The number of hydrogen-bond donors (Lipinski definition) is 1. The van der Waals surface area contributed by atoms with E-state index in [1.165, 1.54) is 11.1 Å². The van der Waals surface area contributed by atoms with Gasteiger partial charge in [-0.3, -0.25) is 0 Å². The normalized spacial score (nSPS) is 14.4. The first kappa shape index (κ1) is 21.2. The van der Waals surface area contributed by atoms with Gasteiger partial charge in [0.1, 0.15) is 5.75 Å². The van der Waals surface area contributed by atoms with Gasteiger partial charge in [-0.05, 0) is 73.4 Å². The Hall–Kier alpha value is -2.51. The number of phenols is 1. The fourth-order valence-electron chi connectivity index (χ4n) is 3.65. The number of phenolic OH excluding ortho intramolecular Hbond substituents is 1. The lowest BCUT2D eigenvalue weighted by molar-refractivity contribution is 0.473. The summed E-state index contributed by atoms with van der Waals surface area (Å²) in [6.07, 6.45) is 11.1. The zero-order valence-corrected chi connectivity index (χ0v) is 18.1. The minimum absolute atomic E-state index is 0.294. The smallest absolute Gasteiger partial charge is 0.123 e. The molecule has 0 fully saturated rings. The highest BCUT2D eigenvalue weighted by atomic mass is 35.5. The first-order chi connectivity index (χ1) is 14.0. The van der Waals surface area contributed by atoms with Gasteiger partial charge in [0.25, 0.3) is 0 Å². The van der Waals surface area contributed by atoms with Crippen LogP contribution in [0.1, 0.15) is 54.9 Å². The molecule has 150 valence electrons. The Morgan fingerprint density at radius 1 is 1.07 bits per heavy atom. The highest BCUT2D eigenvalue weighted by Crippen LogP contribution is 2.36. The molecular formula is C27H29ClO. The molecule has 1 aliphatic carbocycles. The zero-order valence-electron chi connectivity index (χ0n) is 17.3. The average molecular weight is 405 g/mol. The van der Waals surface area contributed by atoms with Gasteiger partial charge in [0.15, 0.2) is 0 Å². The number of hydrogen-bond acceptors (Lipinski definition) is 1. The highest BCUT2D eigenvalue weighted by molar-refractivity contribution is 6.29. The fraction of sp³-hybridized carbons (Fsp3) is 0.259. The summed E-state index contributed by atoms with van der Waals surface area (Å²) < 4.78 is 0. The molecule has 0 amide bonds. The van der Waals surface area contributed by atoms with Gasteiger partial charge in [-0.15, -0.1) is 0 Å². The number of halogens is 1. The molecule has 0 bridgehead atoms. The van der Waals surface area contributed by atoms with Gasteiger partial charge in [0.05, 0.1) is 0 Å². The van der Waals surface area contributed by atoms with Crippen LogP contribution in [0.15, 0.2) is 77.9 Å². The van der Waals surface area contributed by atoms with Crippen molar-refractivity contribution in [2.45, 2.75) is 46.0 Å². The van der Waals surface area contributed by atoms with Crippen LogP contribution in [-0.4, -0.2) is 5.11 Å². The molecule has 0 radical (unpaired) electrons. The zero-order chi connectivity index (χ0) is 20.8. The van der Waals surface area contributed by atoms with Gasteiger partial charge in [-0.25, -0.2) is 0 Å². The van der Waals surface area contributed by atoms with Crippen molar-refractivity contribution in [3.63, 3.8) is 0 Å². The highest BCUT2D eigenvalue weighted by Gasteiger charge is 2.13. The van der Waals surface area contributed by atoms with E-state index < -0.39 is 0 Å². The molecule has 1 aliphatic rings. The Labute approximate surface area is 179 Å². The quantitative estimate of drug-likeness (QED) is 0.463. The average Bonchev–Trinajstić information content (AvgIpc) is 2.72. The first-order valence-electron chi connectivity index (χ1n) is 10.3. The molecule has 1 nitrogen and oxygen atoms in total. The second-order valence-electron chi connectivity index (χ2n) is 7.66. The number of allylic oxidation sites excluding steroid dienone is 7. The topological polar surface area (TPSA) is 20.2 Å². The van der Waals surface area contributed by atoms with E-state index in [-0.39, 0.29) is 0 Å². The summed E-state index contributed by atoms with van der Waals surface area (Å²) >= 11 is 6.04. The van der Waals surface area contributed by atoms with Gasteiger partial charge >= 0.3 is 0 Å². The van der Waals surface area contributed by atoms with Crippen molar-refractivity contribution in [3.05, 3.63) is 100 Å². The summed E-state index contributed by atoms with van der Waals surface area (Å²) in [5, 5.41) is 11.6. The van der Waals surface area contributed by atoms with Crippen molar-refractivity contribution in [2.24, 2.45) is 0 Å². The van der Waals surface area contributed by atoms with Crippen molar-refractivity contribution in [1.82, 2.24) is 0 Å². The van der Waals surface area contributed by atoms with Crippen molar-refractivity contribution in [2.75, 3.05) is 0 Å². The summed E-state index contributed by atoms with van der Waals surface area (Å²) in [5.74, 6) is 0.294. The number of benzene rings is 2. The van der Waals surface area contributed by atoms with Crippen LogP contribution in [-0.2, 0) is 6.42 Å². The van der Waals surface area contributed by atoms with Crippen LogP contribution in [0.25, 0.3) is 11.1 Å². The molecule has 3 rings (SSSR count). The van der Waals surface area contributed by atoms with Crippen LogP contribution >= 0.6 is 11.6 Å². The Balaban J connectivity index is 1.77. The maximum absolute atomic E-state index is 10.7. The van der Waals surface area contributed by atoms with Gasteiger partial charge in [-0.2, -0.15) is 0 Å². The summed E-state index contributed by atoms with van der Waals surface area (Å²) in [6, 6.07) is 14.4. The van der Waals surface area contributed by atoms with Crippen molar-refractivity contribution >= 4 is 22.7 Å². The molecule has 0 saturated heterocycles. The Bertz CT molecular complexity index is 974. The molecule has 0 aromatic heterocycles. The second-order valence-corrected chi connectivity index (χ2v) is 8.15. The third-order valence-electron chi connectivity index (χ3n) is 5.40. The van der Waals surface area contributed by atoms with E-state index in [1.807, 2.05) is 18.2 Å². The number of rotatable bonds is 7. The molecule has 0 saturated carbocycles. The lowest BCUT2D eigenvalue weighted by atomic mass is 9.90. The predicted molar refractivity (Wildman–Crippen MR) is 126 cm³/mol. The maximum atomic E-state index is 10.7. The molecule has 0 heterocycles. The second kappa shape index (κ2) is 9.80. The van der Waals surface area contributed by atoms with Crippen molar-refractivity contribution < 1.29 is 5.11 Å². The molecular weight excluding hydrogens is 376 g/mol. The minimum Gasteiger partial charge on any atom is -0.507 e. The van der Waals surface area contributed by atoms with Gasteiger partial charge < -0.3 is 5.11 Å².